The van der Waals surface area contributed by atoms with Gasteiger partial charge in [0.1, 0.15) is 5.15 Å². The molecule has 0 aliphatic rings. The minimum Gasteiger partial charge on any atom is -0.265 e. The number of hydrogen-bond donors (Lipinski definition) is 0. The Bertz CT molecular complexity index is 532. The number of aromatic nitrogens is 2. The first-order valence-electron chi connectivity index (χ1n) is 4.73. The van der Waals surface area contributed by atoms with Gasteiger partial charge in [-0.2, -0.15) is 5.26 Å². The fraction of sp³-hybridized carbons (Fsp3) is 0.0833. The molecular formula is C12H8ClN3. The molecule has 78 valence electrons. The van der Waals surface area contributed by atoms with E-state index >= 15 is 0 Å². The first-order valence-corrected chi connectivity index (χ1v) is 5.11. The Morgan fingerprint density at radius 2 is 2.06 bits per heavy atom. The van der Waals surface area contributed by atoms with E-state index < -0.39 is 0 Å². The molecule has 0 saturated heterocycles. The van der Waals surface area contributed by atoms with Crippen LogP contribution in [0.5, 0.6) is 0 Å². The van der Waals surface area contributed by atoms with Gasteiger partial charge in [-0.3, -0.25) is 4.98 Å². The van der Waals surface area contributed by atoms with Crippen molar-refractivity contribution in [1.29, 1.82) is 5.26 Å². The molecule has 0 fully saturated rings. The Morgan fingerprint density at radius 3 is 2.75 bits per heavy atom. The minimum atomic E-state index is 0.336. The molecule has 0 aliphatic carbocycles. The van der Waals surface area contributed by atoms with Gasteiger partial charge < -0.3 is 0 Å². The van der Waals surface area contributed by atoms with Crippen LogP contribution in [-0.4, -0.2) is 9.97 Å². The zero-order valence-corrected chi connectivity index (χ0v) is 9.15. The summed E-state index contributed by atoms with van der Waals surface area (Å²) in [6.45, 7) is 0. The summed E-state index contributed by atoms with van der Waals surface area (Å²) in [6.07, 6.45) is 5.35. The van der Waals surface area contributed by atoms with Gasteiger partial charge in [-0.25, -0.2) is 4.98 Å². The van der Waals surface area contributed by atoms with Gasteiger partial charge in [-0.05, 0) is 29.3 Å². The highest BCUT2D eigenvalue weighted by atomic mass is 35.5. The molecule has 2 aromatic heterocycles. The average Bonchev–Trinajstić information content (AvgIpc) is 2.33. The lowest BCUT2D eigenvalue weighted by Gasteiger charge is -2.04. The van der Waals surface area contributed by atoms with Crippen molar-refractivity contribution in [2.75, 3.05) is 0 Å². The highest BCUT2D eigenvalue weighted by Crippen LogP contribution is 2.26. The van der Waals surface area contributed by atoms with Crippen LogP contribution in [0, 0.1) is 11.3 Å². The van der Waals surface area contributed by atoms with E-state index in [1.807, 2.05) is 18.2 Å². The largest absolute Gasteiger partial charge is 0.265 e. The number of nitriles is 1. The van der Waals surface area contributed by atoms with E-state index in [-0.39, 0.29) is 0 Å². The molecule has 2 rings (SSSR count). The van der Waals surface area contributed by atoms with Crippen LogP contribution in [0.15, 0.2) is 36.8 Å². The molecule has 0 radical (unpaired) electrons. The van der Waals surface area contributed by atoms with Crippen molar-refractivity contribution in [2.24, 2.45) is 0 Å². The third kappa shape index (κ3) is 2.18. The Kier molecular flexibility index (Phi) is 3.13. The van der Waals surface area contributed by atoms with Gasteiger partial charge in [-0.1, -0.05) is 11.6 Å². The van der Waals surface area contributed by atoms with Crippen molar-refractivity contribution < 1.29 is 0 Å². The zero-order chi connectivity index (χ0) is 11.4. The van der Waals surface area contributed by atoms with Crippen LogP contribution in [0.1, 0.15) is 5.56 Å². The normalized spacial score (nSPS) is 9.75. The Morgan fingerprint density at radius 1 is 1.31 bits per heavy atom. The highest BCUT2D eigenvalue weighted by molar-refractivity contribution is 6.32. The van der Waals surface area contributed by atoms with E-state index in [1.54, 1.807) is 18.6 Å². The van der Waals surface area contributed by atoms with Crippen molar-refractivity contribution in [1.82, 2.24) is 9.97 Å². The second kappa shape index (κ2) is 4.73. The van der Waals surface area contributed by atoms with E-state index in [0.29, 0.717) is 11.6 Å². The molecule has 16 heavy (non-hydrogen) atoms. The second-order valence-electron chi connectivity index (χ2n) is 3.25. The first kappa shape index (κ1) is 10.6. The van der Waals surface area contributed by atoms with Crippen LogP contribution < -0.4 is 0 Å². The van der Waals surface area contributed by atoms with Gasteiger partial charge in [-0.15, -0.1) is 0 Å². The summed E-state index contributed by atoms with van der Waals surface area (Å²) in [5.41, 5.74) is 2.64. The lowest BCUT2D eigenvalue weighted by molar-refractivity contribution is 1.19. The monoisotopic (exact) mass is 229 g/mol. The molecule has 0 bridgehead atoms. The second-order valence-corrected chi connectivity index (χ2v) is 3.61. The topological polar surface area (TPSA) is 49.6 Å². The third-order valence-electron chi connectivity index (χ3n) is 2.17. The van der Waals surface area contributed by atoms with E-state index in [1.165, 1.54) is 0 Å². The van der Waals surface area contributed by atoms with E-state index in [2.05, 4.69) is 16.0 Å². The standard InChI is InChI=1S/C12H8ClN3/c13-12-11(10-2-5-15-6-3-10)7-9(1-4-14)8-16-12/h2-3,5-8H,1H2. The van der Waals surface area contributed by atoms with Crippen molar-refractivity contribution in [2.45, 2.75) is 6.42 Å². The molecule has 3 nitrogen and oxygen atoms in total. The molecule has 0 saturated carbocycles. The molecular weight excluding hydrogens is 222 g/mol. The lowest BCUT2D eigenvalue weighted by atomic mass is 10.1. The molecule has 4 heteroatoms. The van der Waals surface area contributed by atoms with Crippen molar-refractivity contribution >= 4 is 11.6 Å². The van der Waals surface area contributed by atoms with Crippen LogP contribution in [0.4, 0.5) is 0 Å². The number of pyridine rings is 2. The van der Waals surface area contributed by atoms with Gasteiger partial charge in [0.05, 0.1) is 12.5 Å². The summed E-state index contributed by atoms with van der Waals surface area (Å²) in [5, 5.41) is 9.07. The van der Waals surface area contributed by atoms with Gasteiger partial charge >= 0.3 is 0 Å². The summed E-state index contributed by atoms with van der Waals surface area (Å²) < 4.78 is 0. The number of rotatable bonds is 2. The number of halogens is 1. The Hall–Kier alpha value is -1.92. The zero-order valence-electron chi connectivity index (χ0n) is 8.39. The molecule has 0 aromatic carbocycles. The van der Waals surface area contributed by atoms with E-state index in [4.69, 9.17) is 16.9 Å². The molecule has 2 heterocycles. The fourth-order valence-electron chi connectivity index (χ4n) is 1.41. The van der Waals surface area contributed by atoms with Crippen molar-refractivity contribution in [3.63, 3.8) is 0 Å². The van der Waals surface area contributed by atoms with Crippen molar-refractivity contribution in [3.8, 4) is 17.2 Å². The first-order chi connectivity index (χ1) is 7.81. The predicted molar refractivity (Wildman–Crippen MR) is 61.8 cm³/mol. The molecule has 0 unspecified atom stereocenters. The van der Waals surface area contributed by atoms with Crippen molar-refractivity contribution in [3.05, 3.63) is 47.5 Å². The molecule has 0 atom stereocenters. The third-order valence-corrected chi connectivity index (χ3v) is 2.47. The van der Waals surface area contributed by atoms with Crippen LogP contribution >= 0.6 is 11.6 Å². The van der Waals surface area contributed by atoms with Crippen LogP contribution in [-0.2, 0) is 6.42 Å². The fourth-order valence-corrected chi connectivity index (χ4v) is 1.63. The smallest absolute Gasteiger partial charge is 0.136 e. The van der Waals surface area contributed by atoms with E-state index in [0.717, 1.165) is 16.7 Å². The maximum Gasteiger partial charge on any atom is 0.136 e. The quantitative estimate of drug-likeness (QED) is 0.744. The molecule has 0 amide bonds. The molecule has 0 N–H and O–H groups in total. The Balaban J connectivity index is 2.48. The maximum absolute atomic E-state index is 8.63. The summed E-state index contributed by atoms with van der Waals surface area (Å²) in [4.78, 5) is 8.01. The lowest BCUT2D eigenvalue weighted by Crippen LogP contribution is -1.89. The van der Waals surface area contributed by atoms with Crippen LogP contribution in [0.2, 0.25) is 5.15 Å². The summed E-state index contributed by atoms with van der Waals surface area (Å²) in [6, 6.07) is 7.69. The number of nitrogens with zero attached hydrogens (tertiary/aromatic N) is 3. The van der Waals surface area contributed by atoms with E-state index in [9.17, 15) is 0 Å². The highest BCUT2D eigenvalue weighted by Gasteiger charge is 2.05. The summed E-state index contributed by atoms with van der Waals surface area (Å²) in [5.74, 6) is 0. The molecule has 0 spiro atoms. The Labute approximate surface area is 98.4 Å². The van der Waals surface area contributed by atoms with Gasteiger partial charge in [0.2, 0.25) is 0 Å². The minimum absolute atomic E-state index is 0.336. The SMILES string of the molecule is N#CCc1cnc(Cl)c(-c2ccncc2)c1. The number of hydrogen-bond acceptors (Lipinski definition) is 3. The van der Waals surface area contributed by atoms with Crippen LogP contribution in [0.25, 0.3) is 11.1 Å². The summed E-state index contributed by atoms with van der Waals surface area (Å²) >= 11 is 6.02. The maximum atomic E-state index is 8.63. The van der Waals surface area contributed by atoms with Crippen LogP contribution in [0.3, 0.4) is 0 Å². The van der Waals surface area contributed by atoms with Gasteiger partial charge in [0.25, 0.3) is 0 Å². The van der Waals surface area contributed by atoms with Gasteiger partial charge in [0.15, 0.2) is 0 Å². The molecule has 0 aliphatic heterocycles. The molecule has 2 aromatic rings. The predicted octanol–water partition coefficient (Wildman–Crippen LogP) is 2.86. The van der Waals surface area contributed by atoms with Gasteiger partial charge in [0, 0.05) is 24.2 Å². The summed E-state index contributed by atoms with van der Waals surface area (Å²) in [7, 11) is 0. The average molecular weight is 230 g/mol.